The van der Waals surface area contributed by atoms with Crippen molar-refractivity contribution in [2.75, 3.05) is 0 Å². The fraction of sp³-hybridized carbons (Fsp3) is 0.0714. The number of ketones is 1. The first-order valence-corrected chi connectivity index (χ1v) is 5.63. The molecule has 92 valence electrons. The summed E-state index contributed by atoms with van der Waals surface area (Å²) in [5.41, 5.74) is 0.279. The van der Waals surface area contributed by atoms with Crippen molar-refractivity contribution >= 4 is 17.4 Å². The number of hydrogen-bond donors (Lipinski definition) is 0. The molecule has 0 radical (unpaired) electrons. The van der Waals surface area contributed by atoms with Gasteiger partial charge in [-0.1, -0.05) is 17.7 Å². The zero-order valence-electron chi connectivity index (χ0n) is 9.51. The van der Waals surface area contributed by atoms with Gasteiger partial charge in [-0.05, 0) is 42.8 Å². The summed E-state index contributed by atoms with van der Waals surface area (Å²) >= 11 is 5.77. The molecule has 0 saturated carbocycles. The number of carbonyl (C=O) groups excluding carboxylic acids is 1. The molecule has 0 aliphatic heterocycles. The minimum absolute atomic E-state index is 0.239. The second-order valence-electron chi connectivity index (χ2n) is 3.89. The molecule has 0 aliphatic rings. The highest BCUT2D eigenvalue weighted by atomic mass is 35.5. The summed E-state index contributed by atoms with van der Waals surface area (Å²) in [4.78, 5) is 12.1. The maximum atomic E-state index is 13.5. The van der Waals surface area contributed by atoms with Crippen LogP contribution >= 0.6 is 11.6 Å². The first-order valence-electron chi connectivity index (χ1n) is 5.25. The van der Waals surface area contributed by atoms with Gasteiger partial charge in [-0.15, -0.1) is 0 Å². The van der Waals surface area contributed by atoms with Gasteiger partial charge in [0.05, 0.1) is 5.56 Å². The molecule has 0 aliphatic carbocycles. The molecule has 2 aromatic carbocycles. The van der Waals surface area contributed by atoms with Gasteiger partial charge >= 0.3 is 0 Å². The van der Waals surface area contributed by atoms with Crippen molar-refractivity contribution in [3.05, 3.63) is 69.7 Å². The Kier molecular flexibility index (Phi) is 3.43. The minimum Gasteiger partial charge on any atom is -0.288 e. The molecule has 0 fully saturated rings. The summed E-state index contributed by atoms with van der Waals surface area (Å²) in [6.45, 7) is 1.66. The first-order chi connectivity index (χ1) is 8.50. The lowest BCUT2D eigenvalue weighted by Gasteiger charge is -2.07. The van der Waals surface area contributed by atoms with Crippen LogP contribution in [0, 0.1) is 18.6 Å². The molecule has 0 heterocycles. The van der Waals surface area contributed by atoms with Crippen LogP contribution in [0.1, 0.15) is 21.5 Å². The van der Waals surface area contributed by atoms with E-state index in [2.05, 4.69) is 0 Å². The van der Waals surface area contributed by atoms with E-state index in [1.54, 1.807) is 13.0 Å². The van der Waals surface area contributed by atoms with Crippen molar-refractivity contribution < 1.29 is 13.6 Å². The number of hydrogen-bond acceptors (Lipinski definition) is 1. The molecule has 0 bridgehead atoms. The maximum Gasteiger partial charge on any atom is 0.199 e. The van der Waals surface area contributed by atoms with E-state index in [-0.39, 0.29) is 5.56 Å². The van der Waals surface area contributed by atoms with E-state index in [0.29, 0.717) is 10.6 Å². The molecule has 4 heteroatoms. The predicted octanol–water partition coefficient (Wildman–Crippen LogP) is 4.16. The molecule has 0 amide bonds. The molecular weight excluding hydrogens is 258 g/mol. The summed E-state index contributed by atoms with van der Waals surface area (Å²) < 4.78 is 27.0. The molecule has 0 saturated heterocycles. The molecule has 0 aromatic heterocycles. The molecule has 2 rings (SSSR count). The molecule has 1 nitrogen and oxygen atoms in total. The Balaban J connectivity index is 2.55. The van der Waals surface area contributed by atoms with Crippen LogP contribution < -0.4 is 0 Å². The van der Waals surface area contributed by atoms with Crippen molar-refractivity contribution in [3.63, 3.8) is 0 Å². The van der Waals surface area contributed by atoms with Crippen molar-refractivity contribution in [2.45, 2.75) is 6.92 Å². The van der Waals surface area contributed by atoms with Crippen molar-refractivity contribution in [1.82, 2.24) is 0 Å². The number of rotatable bonds is 2. The van der Waals surface area contributed by atoms with Gasteiger partial charge in [-0.3, -0.25) is 4.79 Å². The fourth-order valence-corrected chi connectivity index (χ4v) is 1.96. The zero-order valence-corrected chi connectivity index (χ0v) is 10.3. The van der Waals surface area contributed by atoms with E-state index in [1.165, 1.54) is 18.2 Å². The molecule has 0 N–H and O–H groups in total. The Morgan fingerprint density at radius 2 is 1.72 bits per heavy atom. The van der Waals surface area contributed by atoms with E-state index < -0.39 is 23.0 Å². The summed E-state index contributed by atoms with van der Waals surface area (Å²) in [6, 6.07) is 7.89. The standard InChI is InChI=1S/C14H9ClF2O/c1-8-7-9(15)5-6-10(8)14(18)13-11(16)3-2-4-12(13)17/h2-7H,1H3. The van der Waals surface area contributed by atoms with Crippen LogP contribution in [0.3, 0.4) is 0 Å². The van der Waals surface area contributed by atoms with Crippen molar-refractivity contribution in [2.24, 2.45) is 0 Å². The molecular formula is C14H9ClF2O. The first kappa shape index (κ1) is 12.7. The normalized spacial score (nSPS) is 10.4. The number of aryl methyl sites for hydroxylation is 1. The summed E-state index contributed by atoms with van der Waals surface area (Å²) in [5.74, 6) is -2.41. The lowest BCUT2D eigenvalue weighted by atomic mass is 9.98. The van der Waals surface area contributed by atoms with Crippen LogP contribution in [0.4, 0.5) is 8.78 Å². The average molecular weight is 267 g/mol. The number of carbonyl (C=O) groups is 1. The topological polar surface area (TPSA) is 17.1 Å². The van der Waals surface area contributed by atoms with Gasteiger partial charge in [0.15, 0.2) is 5.78 Å². The van der Waals surface area contributed by atoms with Crippen LogP contribution in [0.2, 0.25) is 5.02 Å². The molecule has 18 heavy (non-hydrogen) atoms. The zero-order chi connectivity index (χ0) is 13.3. The van der Waals surface area contributed by atoms with E-state index in [1.807, 2.05) is 0 Å². The lowest BCUT2D eigenvalue weighted by Crippen LogP contribution is -2.09. The van der Waals surface area contributed by atoms with Gasteiger partial charge < -0.3 is 0 Å². The molecule has 0 spiro atoms. The highest BCUT2D eigenvalue weighted by Gasteiger charge is 2.20. The third kappa shape index (κ3) is 2.27. The Labute approximate surface area is 108 Å². The second kappa shape index (κ2) is 4.86. The van der Waals surface area contributed by atoms with Gasteiger partial charge in [0, 0.05) is 10.6 Å². The van der Waals surface area contributed by atoms with Crippen molar-refractivity contribution in [3.8, 4) is 0 Å². The van der Waals surface area contributed by atoms with Gasteiger partial charge in [0.25, 0.3) is 0 Å². The predicted molar refractivity (Wildman–Crippen MR) is 66.0 cm³/mol. The Morgan fingerprint density at radius 3 is 2.28 bits per heavy atom. The summed E-state index contributed by atoms with van der Waals surface area (Å²) in [7, 11) is 0. The smallest absolute Gasteiger partial charge is 0.199 e. The summed E-state index contributed by atoms with van der Waals surface area (Å²) in [6.07, 6.45) is 0. The average Bonchev–Trinajstić information content (AvgIpc) is 2.28. The van der Waals surface area contributed by atoms with Crippen LogP contribution in [0.15, 0.2) is 36.4 Å². The van der Waals surface area contributed by atoms with Crippen LogP contribution in [0.25, 0.3) is 0 Å². The molecule has 0 atom stereocenters. The Hall–Kier alpha value is -1.74. The van der Waals surface area contributed by atoms with Gasteiger partial charge in [0.1, 0.15) is 11.6 Å². The Morgan fingerprint density at radius 1 is 1.11 bits per heavy atom. The largest absolute Gasteiger partial charge is 0.288 e. The third-order valence-corrected chi connectivity index (χ3v) is 2.86. The third-order valence-electron chi connectivity index (χ3n) is 2.62. The van der Waals surface area contributed by atoms with Crippen molar-refractivity contribution in [1.29, 1.82) is 0 Å². The molecule has 2 aromatic rings. The fourth-order valence-electron chi connectivity index (χ4n) is 1.73. The number of benzene rings is 2. The minimum atomic E-state index is -0.866. The van der Waals surface area contributed by atoms with E-state index in [9.17, 15) is 13.6 Å². The highest BCUT2D eigenvalue weighted by Crippen LogP contribution is 2.21. The summed E-state index contributed by atoms with van der Waals surface area (Å²) in [5, 5.41) is 0.470. The van der Waals surface area contributed by atoms with Crippen LogP contribution in [-0.2, 0) is 0 Å². The quantitative estimate of drug-likeness (QED) is 0.746. The van der Waals surface area contributed by atoms with Gasteiger partial charge in [0.2, 0.25) is 0 Å². The molecule has 0 unspecified atom stereocenters. The maximum absolute atomic E-state index is 13.5. The van der Waals surface area contributed by atoms with Crippen LogP contribution in [-0.4, -0.2) is 5.78 Å². The number of halogens is 3. The Bertz CT molecular complexity index is 603. The van der Waals surface area contributed by atoms with Crippen LogP contribution in [0.5, 0.6) is 0 Å². The lowest BCUT2D eigenvalue weighted by molar-refractivity contribution is 0.103. The van der Waals surface area contributed by atoms with Gasteiger partial charge in [-0.2, -0.15) is 0 Å². The van der Waals surface area contributed by atoms with E-state index >= 15 is 0 Å². The SMILES string of the molecule is Cc1cc(Cl)ccc1C(=O)c1c(F)cccc1F. The second-order valence-corrected chi connectivity index (χ2v) is 4.32. The monoisotopic (exact) mass is 266 g/mol. The van der Waals surface area contributed by atoms with Gasteiger partial charge in [-0.25, -0.2) is 8.78 Å². The van der Waals surface area contributed by atoms with E-state index in [4.69, 9.17) is 11.6 Å². The van der Waals surface area contributed by atoms with E-state index in [0.717, 1.165) is 12.1 Å². The highest BCUT2D eigenvalue weighted by molar-refractivity contribution is 6.30.